The van der Waals surface area contributed by atoms with Crippen LogP contribution >= 0.6 is 11.3 Å². The Labute approximate surface area is 129 Å². The molecule has 1 aliphatic heterocycles. The maximum absolute atomic E-state index is 12.6. The van der Waals surface area contributed by atoms with Gasteiger partial charge in [0.1, 0.15) is 10.7 Å². The van der Waals surface area contributed by atoms with E-state index in [4.69, 9.17) is 0 Å². The minimum absolute atomic E-state index is 0.0952. The van der Waals surface area contributed by atoms with Crippen LogP contribution < -0.4 is 0 Å². The summed E-state index contributed by atoms with van der Waals surface area (Å²) in [5.41, 5.74) is 1.71. The minimum atomic E-state index is 0.0952. The van der Waals surface area contributed by atoms with Gasteiger partial charge in [-0.1, -0.05) is 37.3 Å². The van der Waals surface area contributed by atoms with Gasteiger partial charge in [0.25, 0.3) is 5.91 Å². The number of rotatable bonds is 2. The fraction of sp³-hybridized carbons (Fsp3) is 0.412. The van der Waals surface area contributed by atoms with Crippen LogP contribution in [0.5, 0.6) is 0 Å². The Balaban J connectivity index is 1.83. The number of benzene rings is 1. The predicted molar refractivity (Wildman–Crippen MR) is 86.6 cm³/mol. The molecule has 0 saturated carbocycles. The molecule has 110 valence electrons. The third-order valence-corrected chi connectivity index (χ3v) is 5.11. The number of amides is 1. The fourth-order valence-electron chi connectivity index (χ4n) is 2.66. The van der Waals surface area contributed by atoms with Crippen molar-refractivity contribution < 1.29 is 4.79 Å². The average Bonchev–Trinajstić information content (AvgIpc) is 2.90. The molecule has 0 aliphatic carbocycles. The highest BCUT2D eigenvalue weighted by atomic mass is 32.1. The molecule has 0 atom stereocenters. The zero-order chi connectivity index (χ0) is 14.8. The normalized spacial score (nSPS) is 16.2. The van der Waals surface area contributed by atoms with Crippen molar-refractivity contribution in [3.05, 3.63) is 40.9 Å². The van der Waals surface area contributed by atoms with Crippen LogP contribution in [0.4, 0.5) is 0 Å². The molecule has 1 amide bonds. The molecular weight excluding hydrogens is 280 g/mol. The summed E-state index contributed by atoms with van der Waals surface area (Å²) in [7, 11) is 0. The summed E-state index contributed by atoms with van der Waals surface area (Å²) >= 11 is 1.60. The van der Waals surface area contributed by atoms with Gasteiger partial charge in [-0.15, -0.1) is 11.3 Å². The van der Waals surface area contributed by atoms with Crippen molar-refractivity contribution in [2.45, 2.75) is 26.7 Å². The van der Waals surface area contributed by atoms with Crippen molar-refractivity contribution in [3.63, 3.8) is 0 Å². The Morgan fingerprint density at radius 2 is 1.90 bits per heavy atom. The molecule has 1 saturated heterocycles. The first-order chi connectivity index (χ1) is 10.1. The van der Waals surface area contributed by atoms with Crippen LogP contribution in [-0.4, -0.2) is 28.9 Å². The lowest BCUT2D eigenvalue weighted by Crippen LogP contribution is -2.38. The van der Waals surface area contributed by atoms with Gasteiger partial charge in [0.05, 0.1) is 0 Å². The number of carbonyl (C=O) groups is 1. The SMILES string of the molecule is Cc1sc(-c2ccccc2)nc1C(=O)N1CCC(C)CC1. The van der Waals surface area contributed by atoms with Crippen LogP contribution in [0, 0.1) is 12.8 Å². The fourth-order valence-corrected chi connectivity index (χ4v) is 3.57. The van der Waals surface area contributed by atoms with Crippen LogP contribution in [0.1, 0.15) is 35.1 Å². The summed E-state index contributed by atoms with van der Waals surface area (Å²) in [6.45, 7) is 5.96. The number of aryl methyl sites for hydroxylation is 1. The predicted octanol–water partition coefficient (Wildman–Crippen LogP) is 3.99. The number of hydrogen-bond acceptors (Lipinski definition) is 3. The lowest BCUT2D eigenvalue weighted by atomic mass is 9.99. The molecule has 2 aromatic rings. The van der Waals surface area contributed by atoms with E-state index in [-0.39, 0.29) is 5.91 Å². The van der Waals surface area contributed by atoms with Gasteiger partial charge in [-0.25, -0.2) is 4.98 Å². The topological polar surface area (TPSA) is 33.2 Å². The van der Waals surface area contributed by atoms with E-state index < -0.39 is 0 Å². The van der Waals surface area contributed by atoms with Gasteiger partial charge < -0.3 is 4.90 Å². The van der Waals surface area contributed by atoms with Crippen LogP contribution in [0.25, 0.3) is 10.6 Å². The molecule has 0 N–H and O–H groups in total. The number of nitrogens with zero attached hydrogens (tertiary/aromatic N) is 2. The molecule has 0 bridgehead atoms. The Morgan fingerprint density at radius 3 is 2.57 bits per heavy atom. The maximum Gasteiger partial charge on any atom is 0.273 e. The van der Waals surface area contributed by atoms with Crippen molar-refractivity contribution in [3.8, 4) is 10.6 Å². The highest BCUT2D eigenvalue weighted by Gasteiger charge is 2.25. The van der Waals surface area contributed by atoms with Crippen LogP contribution in [0.2, 0.25) is 0 Å². The summed E-state index contributed by atoms with van der Waals surface area (Å²) in [6, 6.07) is 10.1. The summed E-state index contributed by atoms with van der Waals surface area (Å²) in [6.07, 6.45) is 2.20. The Kier molecular flexibility index (Phi) is 4.06. The Hall–Kier alpha value is -1.68. The van der Waals surface area contributed by atoms with Gasteiger partial charge in [-0.2, -0.15) is 0 Å². The minimum Gasteiger partial charge on any atom is -0.337 e. The largest absolute Gasteiger partial charge is 0.337 e. The summed E-state index contributed by atoms with van der Waals surface area (Å²) in [5, 5.41) is 0.932. The Morgan fingerprint density at radius 1 is 1.24 bits per heavy atom. The average molecular weight is 300 g/mol. The smallest absolute Gasteiger partial charge is 0.273 e. The number of likely N-dealkylation sites (tertiary alicyclic amines) is 1. The molecule has 21 heavy (non-hydrogen) atoms. The molecule has 1 aromatic carbocycles. The van der Waals surface area contributed by atoms with E-state index in [1.807, 2.05) is 42.2 Å². The number of carbonyl (C=O) groups excluding carboxylic acids is 1. The lowest BCUT2D eigenvalue weighted by molar-refractivity contribution is 0.0691. The van der Waals surface area contributed by atoms with Gasteiger partial charge in [0, 0.05) is 23.5 Å². The second-order valence-electron chi connectivity index (χ2n) is 5.76. The molecule has 3 rings (SSSR count). The first kappa shape index (κ1) is 14.3. The van der Waals surface area contributed by atoms with Crippen molar-refractivity contribution in [1.29, 1.82) is 0 Å². The lowest BCUT2D eigenvalue weighted by Gasteiger charge is -2.29. The molecule has 0 radical (unpaired) electrons. The molecule has 2 heterocycles. The zero-order valence-electron chi connectivity index (χ0n) is 12.5. The van der Waals surface area contributed by atoms with E-state index in [9.17, 15) is 4.79 Å². The number of hydrogen-bond donors (Lipinski definition) is 0. The van der Waals surface area contributed by atoms with Crippen molar-refractivity contribution in [2.75, 3.05) is 13.1 Å². The number of thiazole rings is 1. The van der Waals surface area contributed by atoms with Gasteiger partial charge in [0.15, 0.2) is 0 Å². The zero-order valence-corrected chi connectivity index (χ0v) is 13.3. The second-order valence-corrected chi connectivity index (χ2v) is 6.97. The third-order valence-electron chi connectivity index (χ3n) is 4.09. The maximum atomic E-state index is 12.6. The van der Waals surface area contributed by atoms with E-state index in [1.165, 1.54) is 0 Å². The van der Waals surface area contributed by atoms with Gasteiger partial charge in [0.2, 0.25) is 0 Å². The summed E-state index contributed by atoms with van der Waals surface area (Å²) in [5.74, 6) is 0.822. The van der Waals surface area contributed by atoms with Crippen molar-refractivity contribution in [2.24, 2.45) is 5.92 Å². The van der Waals surface area contributed by atoms with E-state index in [0.717, 1.165) is 47.3 Å². The van der Waals surface area contributed by atoms with Crippen LogP contribution in [0.3, 0.4) is 0 Å². The van der Waals surface area contributed by atoms with E-state index in [1.54, 1.807) is 11.3 Å². The quantitative estimate of drug-likeness (QED) is 0.840. The van der Waals surface area contributed by atoms with Crippen LogP contribution in [-0.2, 0) is 0 Å². The highest BCUT2D eigenvalue weighted by molar-refractivity contribution is 7.15. The van der Waals surface area contributed by atoms with Crippen LogP contribution in [0.15, 0.2) is 30.3 Å². The molecule has 4 heteroatoms. The van der Waals surface area contributed by atoms with E-state index in [0.29, 0.717) is 5.69 Å². The number of piperidine rings is 1. The first-order valence-electron chi connectivity index (χ1n) is 7.47. The van der Waals surface area contributed by atoms with Gasteiger partial charge >= 0.3 is 0 Å². The molecule has 1 aromatic heterocycles. The highest BCUT2D eigenvalue weighted by Crippen LogP contribution is 2.29. The standard InChI is InChI=1S/C17H20N2OS/c1-12-8-10-19(11-9-12)17(20)15-13(2)21-16(18-15)14-6-4-3-5-7-14/h3-7,12H,8-11H2,1-2H3. The Bertz CT molecular complexity index is 627. The molecular formula is C17H20N2OS. The van der Waals surface area contributed by atoms with E-state index >= 15 is 0 Å². The number of aromatic nitrogens is 1. The molecule has 3 nitrogen and oxygen atoms in total. The van der Waals surface area contributed by atoms with E-state index in [2.05, 4.69) is 11.9 Å². The summed E-state index contributed by atoms with van der Waals surface area (Å²) < 4.78 is 0. The second kappa shape index (κ2) is 5.98. The summed E-state index contributed by atoms with van der Waals surface area (Å²) in [4.78, 5) is 20.2. The molecule has 1 aliphatic rings. The van der Waals surface area contributed by atoms with Gasteiger partial charge in [-0.05, 0) is 25.7 Å². The molecule has 1 fully saturated rings. The van der Waals surface area contributed by atoms with Gasteiger partial charge in [-0.3, -0.25) is 4.79 Å². The molecule has 0 spiro atoms. The van der Waals surface area contributed by atoms with Crippen molar-refractivity contribution >= 4 is 17.2 Å². The first-order valence-corrected chi connectivity index (χ1v) is 8.29. The van der Waals surface area contributed by atoms with Crippen molar-refractivity contribution in [1.82, 2.24) is 9.88 Å². The molecule has 0 unspecified atom stereocenters. The third kappa shape index (κ3) is 3.00. The monoisotopic (exact) mass is 300 g/mol.